The molecule has 18 heavy (non-hydrogen) atoms. The highest BCUT2D eigenvalue weighted by Crippen LogP contribution is 1.86. The summed E-state index contributed by atoms with van der Waals surface area (Å²) in [5, 5.41) is 0. The second kappa shape index (κ2) is 24.9. The van der Waals surface area contributed by atoms with Crippen molar-refractivity contribution < 1.29 is 0 Å². The molecule has 0 heterocycles. The second-order valence-electron chi connectivity index (χ2n) is 3.91. The standard InChI is InChI=1S/C7H12.C6H10.C4H11N/c1-3-5-7-6-4-2;1-3-5-6-4-2;1-3-4(2)5/h3,5,7H,1,4,6H2,2H3;3,5-6H,1,4H2,2H3;4H,3,5H2,1-2H3/b7-5-;6-5-;. The van der Waals surface area contributed by atoms with Gasteiger partial charge in [0.15, 0.2) is 0 Å². The third kappa shape index (κ3) is 46.1. The van der Waals surface area contributed by atoms with Crippen LogP contribution in [0, 0.1) is 0 Å². The Bertz CT molecular complexity index is 200. The molecule has 0 aromatic rings. The fourth-order valence-corrected chi connectivity index (χ4v) is 0.591. The molecule has 0 fully saturated rings. The van der Waals surface area contributed by atoms with Crippen LogP contribution < -0.4 is 5.73 Å². The Morgan fingerprint density at radius 2 is 1.44 bits per heavy atom. The highest BCUT2D eigenvalue weighted by molar-refractivity contribution is 4.96. The van der Waals surface area contributed by atoms with Crippen molar-refractivity contribution in [1.82, 2.24) is 0 Å². The first kappa shape index (κ1) is 22.1. The SMILES string of the molecule is C=C/C=C\CC.C=C/C=C\CCC.CCC(C)N. The fraction of sp³-hybridized carbons (Fsp3) is 0.529. The first-order chi connectivity index (χ1) is 8.60. The van der Waals surface area contributed by atoms with Crippen LogP contribution in [0.4, 0.5) is 0 Å². The summed E-state index contributed by atoms with van der Waals surface area (Å²) in [5.74, 6) is 0. The zero-order valence-electron chi connectivity index (χ0n) is 12.9. The molecule has 0 aliphatic heterocycles. The number of unbranched alkanes of at least 4 members (excludes halogenated alkanes) is 1. The Hall–Kier alpha value is -1.08. The van der Waals surface area contributed by atoms with Gasteiger partial charge in [-0.25, -0.2) is 0 Å². The molecular weight excluding hydrogens is 218 g/mol. The maximum atomic E-state index is 5.29. The molecule has 0 rings (SSSR count). The summed E-state index contributed by atoms with van der Waals surface area (Å²) < 4.78 is 0. The van der Waals surface area contributed by atoms with Gasteiger partial charge in [-0.3, -0.25) is 0 Å². The Morgan fingerprint density at radius 3 is 1.67 bits per heavy atom. The van der Waals surface area contributed by atoms with Gasteiger partial charge in [-0.1, -0.05) is 76.8 Å². The lowest BCUT2D eigenvalue weighted by molar-refractivity contribution is 0.715. The molecule has 2 N–H and O–H groups in total. The van der Waals surface area contributed by atoms with E-state index in [1.165, 1.54) is 12.8 Å². The van der Waals surface area contributed by atoms with E-state index in [-0.39, 0.29) is 0 Å². The average Bonchev–Trinajstić information content (AvgIpc) is 2.38. The minimum Gasteiger partial charge on any atom is -0.328 e. The number of rotatable bonds is 6. The quantitative estimate of drug-likeness (QED) is 0.627. The van der Waals surface area contributed by atoms with Crippen molar-refractivity contribution in [2.24, 2.45) is 5.73 Å². The first-order valence-corrected chi connectivity index (χ1v) is 6.91. The van der Waals surface area contributed by atoms with Crippen molar-refractivity contribution in [3.05, 3.63) is 49.6 Å². The molecule has 106 valence electrons. The Morgan fingerprint density at radius 1 is 1.00 bits per heavy atom. The van der Waals surface area contributed by atoms with Gasteiger partial charge in [-0.05, 0) is 26.2 Å². The predicted octanol–water partition coefficient (Wildman–Crippen LogP) is 5.41. The van der Waals surface area contributed by atoms with E-state index in [4.69, 9.17) is 5.73 Å². The van der Waals surface area contributed by atoms with Crippen LogP contribution in [-0.4, -0.2) is 6.04 Å². The molecular formula is C17H33N. The summed E-state index contributed by atoms with van der Waals surface area (Å²) in [7, 11) is 0. The third-order valence-corrected chi connectivity index (χ3v) is 1.88. The van der Waals surface area contributed by atoms with Crippen molar-refractivity contribution in [3.63, 3.8) is 0 Å². The van der Waals surface area contributed by atoms with E-state index in [0.29, 0.717) is 6.04 Å². The van der Waals surface area contributed by atoms with Gasteiger partial charge in [-0.15, -0.1) is 0 Å². The molecule has 1 atom stereocenters. The monoisotopic (exact) mass is 251 g/mol. The minimum absolute atomic E-state index is 0.384. The highest BCUT2D eigenvalue weighted by atomic mass is 14.6. The Balaban J connectivity index is -0.000000190. The summed E-state index contributed by atoms with van der Waals surface area (Å²) in [4.78, 5) is 0. The minimum atomic E-state index is 0.384. The molecule has 0 saturated carbocycles. The molecule has 0 saturated heterocycles. The van der Waals surface area contributed by atoms with Gasteiger partial charge in [-0.2, -0.15) is 0 Å². The Kier molecular flexibility index (Phi) is 30.7. The van der Waals surface area contributed by atoms with Crippen molar-refractivity contribution in [2.45, 2.75) is 59.4 Å². The van der Waals surface area contributed by atoms with E-state index in [9.17, 15) is 0 Å². The maximum Gasteiger partial charge on any atom is 0.000781 e. The zero-order valence-corrected chi connectivity index (χ0v) is 12.9. The molecule has 0 aromatic carbocycles. The van der Waals surface area contributed by atoms with Gasteiger partial charge in [0.05, 0.1) is 0 Å². The molecule has 1 heteroatoms. The zero-order chi connectivity index (χ0) is 14.6. The van der Waals surface area contributed by atoms with Crippen molar-refractivity contribution >= 4 is 0 Å². The smallest absolute Gasteiger partial charge is 0.000781 e. The van der Waals surface area contributed by atoms with Gasteiger partial charge in [0.1, 0.15) is 0 Å². The predicted molar refractivity (Wildman–Crippen MR) is 87.8 cm³/mol. The van der Waals surface area contributed by atoms with Gasteiger partial charge >= 0.3 is 0 Å². The topological polar surface area (TPSA) is 26.0 Å². The van der Waals surface area contributed by atoms with E-state index >= 15 is 0 Å². The van der Waals surface area contributed by atoms with Gasteiger partial charge in [0.2, 0.25) is 0 Å². The van der Waals surface area contributed by atoms with Crippen LogP contribution >= 0.6 is 0 Å². The molecule has 0 aliphatic rings. The average molecular weight is 251 g/mol. The molecule has 0 spiro atoms. The first-order valence-electron chi connectivity index (χ1n) is 6.91. The largest absolute Gasteiger partial charge is 0.328 e. The van der Waals surface area contributed by atoms with Crippen molar-refractivity contribution in [3.8, 4) is 0 Å². The van der Waals surface area contributed by atoms with Gasteiger partial charge in [0.25, 0.3) is 0 Å². The number of hydrogen-bond acceptors (Lipinski definition) is 1. The summed E-state index contributed by atoms with van der Waals surface area (Å²) in [6, 6.07) is 0.384. The highest BCUT2D eigenvalue weighted by Gasteiger charge is 1.79. The van der Waals surface area contributed by atoms with Crippen molar-refractivity contribution in [1.29, 1.82) is 0 Å². The summed E-state index contributed by atoms with van der Waals surface area (Å²) >= 11 is 0. The lowest BCUT2D eigenvalue weighted by Crippen LogP contribution is -2.11. The van der Waals surface area contributed by atoms with Crippen LogP contribution in [-0.2, 0) is 0 Å². The van der Waals surface area contributed by atoms with E-state index in [2.05, 4.69) is 46.1 Å². The molecule has 0 bridgehead atoms. The van der Waals surface area contributed by atoms with E-state index in [1.54, 1.807) is 12.2 Å². The number of allylic oxidation sites excluding steroid dienone is 6. The molecule has 0 aliphatic carbocycles. The molecule has 1 nitrogen and oxygen atoms in total. The lowest BCUT2D eigenvalue weighted by Gasteiger charge is -1.91. The van der Waals surface area contributed by atoms with Crippen molar-refractivity contribution in [2.75, 3.05) is 0 Å². The summed E-state index contributed by atoms with van der Waals surface area (Å²) in [6.45, 7) is 15.4. The third-order valence-electron chi connectivity index (χ3n) is 1.88. The van der Waals surface area contributed by atoms with Gasteiger partial charge < -0.3 is 5.73 Å². The maximum absolute atomic E-state index is 5.29. The normalized spacial score (nSPS) is 11.2. The van der Waals surface area contributed by atoms with Crippen LogP contribution in [0.3, 0.4) is 0 Å². The second-order valence-corrected chi connectivity index (χ2v) is 3.91. The van der Waals surface area contributed by atoms with Crippen LogP contribution in [0.15, 0.2) is 49.6 Å². The van der Waals surface area contributed by atoms with Crippen LogP contribution in [0.1, 0.15) is 53.4 Å². The van der Waals surface area contributed by atoms with Crippen LogP contribution in [0.25, 0.3) is 0 Å². The number of nitrogens with two attached hydrogens (primary N) is 1. The van der Waals surface area contributed by atoms with E-state index < -0.39 is 0 Å². The summed E-state index contributed by atoms with van der Waals surface area (Å²) in [5.41, 5.74) is 5.29. The molecule has 0 amide bonds. The fourth-order valence-electron chi connectivity index (χ4n) is 0.591. The van der Waals surface area contributed by atoms with Gasteiger partial charge in [0, 0.05) is 6.04 Å². The lowest BCUT2D eigenvalue weighted by atomic mass is 10.3. The van der Waals surface area contributed by atoms with Crippen LogP contribution in [0.5, 0.6) is 0 Å². The van der Waals surface area contributed by atoms with E-state index in [0.717, 1.165) is 12.8 Å². The van der Waals surface area contributed by atoms with E-state index in [1.807, 2.05) is 19.1 Å². The molecule has 1 unspecified atom stereocenters. The molecule has 0 aromatic heterocycles. The molecule has 0 radical (unpaired) electrons. The summed E-state index contributed by atoms with van der Waals surface area (Å²) in [6.07, 6.45) is 16.3. The Labute approximate surface area is 115 Å². The number of hydrogen-bond donors (Lipinski definition) is 1. The van der Waals surface area contributed by atoms with Crippen LogP contribution in [0.2, 0.25) is 0 Å².